The van der Waals surface area contributed by atoms with Crippen molar-refractivity contribution in [2.75, 3.05) is 18.0 Å². The number of benzene rings is 1. The maximum atomic E-state index is 12.7. The number of carbonyl (C=O) groups excluding carboxylic acids is 1. The first-order valence-corrected chi connectivity index (χ1v) is 7.96. The van der Waals surface area contributed by atoms with E-state index >= 15 is 0 Å². The van der Waals surface area contributed by atoms with E-state index in [1.807, 2.05) is 45.0 Å². The average Bonchev–Trinajstić information content (AvgIpc) is 2.49. The van der Waals surface area contributed by atoms with Gasteiger partial charge in [-0.15, -0.1) is 0 Å². The van der Waals surface area contributed by atoms with Crippen molar-refractivity contribution >= 4 is 22.6 Å². The summed E-state index contributed by atoms with van der Waals surface area (Å²) in [5.74, 6) is 0. The predicted molar refractivity (Wildman–Crippen MR) is 93.6 cm³/mol. The van der Waals surface area contributed by atoms with E-state index in [9.17, 15) is 4.79 Å². The molecule has 2 rings (SSSR count). The number of unbranched alkanes of at least 4 members (excludes halogenated alkanes) is 1. The first-order valence-electron chi connectivity index (χ1n) is 7.96. The standard InChI is InChI=1S/C18H25N3O2/c1-18(2,3)23-17(22)21(12-5-4-10-19)16-8-6-7-14-13-20-11-9-15(14)16/h6-9,11,13H,4-5,10,12,19H2,1-3H3. The minimum Gasteiger partial charge on any atom is -0.443 e. The van der Waals surface area contributed by atoms with Gasteiger partial charge in [-0.3, -0.25) is 9.88 Å². The van der Waals surface area contributed by atoms with Crippen molar-refractivity contribution < 1.29 is 9.53 Å². The normalized spacial score (nSPS) is 11.5. The monoisotopic (exact) mass is 315 g/mol. The highest BCUT2D eigenvalue weighted by molar-refractivity contribution is 6.01. The van der Waals surface area contributed by atoms with Crippen molar-refractivity contribution in [1.82, 2.24) is 4.98 Å². The molecule has 1 aromatic heterocycles. The summed E-state index contributed by atoms with van der Waals surface area (Å²) in [5.41, 5.74) is 5.89. The molecule has 1 aromatic carbocycles. The van der Waals surface area contributed by atoms with Gasteiger partial charge in [0.05, 0.1) is 5.69 Å². The largest absolute Gasteiger partial charge is 0.443 e. The number of ether oxygens (including phenoxy) is 1. The van der Waals surface area contributed by atoms with Crippen LogP contribution in [0.5, 0.6) is 0 Å². The number of nitrogens with two attached hydrogens (primary N) is 1. The van der Waals surface area contributed by atoms with Gasteiger partial charge in [0.25, 0.3) is 0 Å². The third-order valence-corrected chi connectivity index (χ3v) is 3.40. The molecular formula is C18H25N3O2. The number of amides is 1. The fourth-order valence-corrected chi connectivity index (χ4v) is 2.38. The highest BCUT2D eigenvalue weighted by Gasteiger charge is 2.24. The van der Waals surface area contributed by atoms with Crippen LogP contribution < -0.4 is 10.6 Å². The molecule has 0 atom stereocenters. The van der Waals surface area contributed by atoms with E-state index in [-0.39, 0.29) is 6.09 Å². The number of aromatic nitrogens is 1. The third-order valence-electron chi connectivity index (χ3n) is 3.40. The summed E-state index contributed by atoms with van der Waals surface area (Å²) in [6.07, 6.45) is 4.90. The summed E-state index contributed by atoms with van der Waals surface area (Å²) in [7, 11) is 0. The molecule has 2 aromatic rings. The Labute approximate surface area is 137 Å². The second-order valence-corrected chi connectivity index (χ2v) is 6.50. The van der Waals surface area contributed by atoms with E-state index in [1.165, 1.54) is 0 Å². The van der Waals surface area contributed by atoms with Gasteiger partial charge in [0.1, 0.15) is 5.60 Å². The van der Waals surface area contributed by atoms with Crippen LogP contribution in [-0.2, 0) is 4.74 Å². The van der Waals surface area contributed by atoms with E-state index in [0.717, 1.165) is 29.3 Å². The molecule has 0 aliphatic rings. The molecule has 0 radical (unpaired) electrons. The van der Waals surface area contributed by atoms with Crippen LogP contribution in [0.1, 0.15) is 33.6 Å². The van der Waals surface area contributed by atoms with Gasteiger partial charge in [0.2, 0.25) is 0 Å². The first kappa shape index (κ1) is 17.2. The maximum Gasteiger partial charge on any atom is 0.414 e. The minimum atomic E-state index is -0.532. The van der Waals surface area contributed by atoms with Crippen molar-refractivity contribution in [1.29, 1.82) is 0 Å². The predicted octanol–water partition coefficient (Wildman–Crippen LogP) is 3.72. The molecular weight excluding hydrogens is 290 g/mol. The molecule has 2 N–H and O–H groups in total. The van der Waals surface area contributed by atoms with E-state index in [4.69, 9.17) is 10.5 Å². The lowest BCUT2D eigenvalue weighted by atomic mass is 10.1. The highest BCUT2D eigenvalue weighted by Crippen LogP contribution is 2.27. The molecule has 0 saturated heterocycles. The topological polar surface area (TPSA) is 68.5 Å². The molecule has 5 heteroatoms. The Kier molecular flexibility index (Phi) is 5.55. The van der Waals surface area contributed by atoms with Gasteiger partial charge >= 0.3 is 6.09 Å². The number of hydrogen-bond acceptors (Lipinski definition) is 4. The van der Waals surface area contributed by atoms with E-state index in [2.05, 4.69) is 4.98 Å². The number of anilines is 1. The Morgan fingerprint density at radius 2 is 2.04 bits per heavy atom. The van der Waals surface area contributed by atoms with Crippen molar-refractivity contribution in [3.8, 4) is 0 Å². The number of nitrogens with zero attached hydrogens (tertiary/aromatic N) is 2. The van der Waals surface area contributed by atoms with Crippen LogP contribution in [0.15, 0.2) is 36.7 Å². The summed E-state index contributed by atoms with van der Waals surface area (Å²) in [6.45, 7) is 6.80. The average molecular weight is 315 g/mol. The van der Waals surface area contributed by atoms with Gasteiger partial charge in [-0.05, 0) is 52.3 Å². The zero-order valence-electron chi connectivity index (χ0n) is 14.1. The van der Waals surface area contributed by atoms with Crippen LogP contribution in [0.4, 0.5) is 10.5 Å². The maximum absolute atomic E-state index is 12.7. The molecule has 0 spiro atoms. The van der Waals surface area contributed by atoms with Crippen molar-refractivity contribution in [3.05, 3.63) is 36.7 Å². The molecule has 0 saturated carbocycles. The van der Waals surface area contributed by atoms with Crippen molar-refractivity contribution in [3.63, 3.8) is 0 Å². The number of pyridine rings is 1. The van der Waals surface area contributed by atoms with Gasteiger partial charge in [0, 0.05) is 29.7 Å². The molecule has 23 heavy (non-hydrogen) atoms. The summed E-state index contributed by atoms with van der Waals surface area (Å²) in [4.78, 5) is 18.5. The summed E-state index contributed by atoms with van der Waals surface area (Å²) in [6, 6.07) is 7.78. The number of hydrogen-bond donors (Lipinski definition) is 1. The second kappa shape index (κ2) is 7.42. The van der Waals surface area contributed by atoms with Gasteiger partial charge in [-0.2, -0.15) is 0 Å². The lowest BCUT2D eigenvalue weighted by molar-refractivity contribution is 0.0580. The Morgan fingerprint density at radius 3 is 2.74 bits per heavy atom. The lowest BCUT2D eigenvalue weighted by Crippen LogP contribution is -2.37. The van der Waals surface area contributed by atoms with Gasteiger partial charge in [-0.1, -0.05) is 12.1 Å². The molecule has 0 aliphatic heterocycles. The van der Waals surface area contributed by atoms with Gasteiger partial charge in [-0.25, -0.2) is 4.79 Å². The van der Waals surface area contributed by atoms with Crippen LogP contribution in [0.25, 0.3) is 10.8 Å². The van der Waals surface area contributed by atoms with Crippen molar-refractivity contribution in [2.24, 2.45) is 5.73 Å². The molecule has 1 amide bonds. The SMILES string of the molecule is CC(C)(C)OC(=O)N(CCCCN)c1cccc2cnccc12. The molecule has 0 aliphatic carbocycles. The summed E-state index contributed by atoms with van der Waals surface area (Å²) in [5, 5.41) is 1.98. The van der Waals surface area contributed by atoms with E-state index in [0.29, 0.717) is 13.1 Å². The van der Waals surface area contributed by atoms with Crippen LogP contribution in [-0.4, -0.2) is 29.8 Å². The van der Waals surface area contributed by atoms with E-state index in [1.54, 1.807) is 17.3 Å². The summed E-state index contributed by atoms with van der Waals surface area (Å²) < 4.78 is 5.57. The smallest absolute Gasteiger partial charge is 0.414 e. The molecule has 1 heterocycles. The summed E-state index contributed by atoms with van der Waals surface area (Å²) >= 11 is 0. The number of fused-ring (bicyclic) bond motifs is 1. The Balaban J connectivity index is 2.36. The molecule has 0 bridgehead atoms. The quantitative estimate of drug-likeness (QED) is 0.854. The molecule has 0 fully saturated rings. The Bertz CT molecular complexity index is 659. The molecule has 124 valence electrons. The number of carbonyl (C=O) groups is 1. The third kappa shape index (κ3) is 4.66. The van der Waals surface area contributed by atoms with Crippen LogP contribution in [0.3, 0.4) is 0 Å². The molecule has 5 nitrogen and oxygen atoms in total. The lowest BCUT2D eigenvalue weighted by Gasteiger charge is -2.28. The van der Waals surface area contributed by atoms with Crippen molar-refractivity contribution in [2.45, 2.75) is 39.2 Å². The fourth-order valence-electron chi connectivity index (χ4n) is 2.38. The van der Waals surface area contributed by atoms with Crippen LogP contribution in [0, 0.1) is 0 Å². The van der Waals surface area contributed by atoms with Crippen LogP contribution in [0.2, 0.25) is 0 Å². The van der Waals surface area contributed by atoms with Gasteiger partial charge < -0.3 is 10.5 Å². The fraction of sp³-hybridized carbons (Fsp3) is 0.444. The van der Waals surface area contributed by atoms with Gasteiger partial charge in [0.15, 0.2) is 0 Å². The number of rotatable bonds is 5. The minimum absolute atomic E-state index is 0.334. The highest BCUT2D eigenvalue weighted by atomic mass is 16.6. The van der Waals surface area contributed by atoms with Crippen LogP contribution >= 0.6 is 0 Å². The first-order chi connectivity index (χ1) is 10.9. The zero-order chi connectivity index (χ0) is 16.9. The van der Waals surface area contributed by atoms with E-state index < -0.39 is 5.60 Å². The second-order valence-electron chi connectivity index (χ2n) is 6.50. The Hall–Kier alpha value is -2.14. The Morgan fingerprint density at radius 1 is 1.26 bits per heavy atom. The molecule has 0 unspecified atom stereocenters. The zero-order valence-corrected chi connectivity index (χ0v) is 14.1.